The topological polar surface area (TPSA) is 35.5 Å². The van der Waals surface area contributed by atoms with Crippen LogP contribution in [0.2, 0.25) is 5.02 Å². The highest BCUT2D eigenvalue weighted by Gasteiger charge is 2.37. The number of alkyl halides is 1. The highest BCUT2D eigenvalue weighted by atomic mass is 127. The van der Waals surface area contributed by atoms with Gasteiger partial charge in [-0.2, -0.15) is 0 Å². The molecule has 0 saturated heterocycles. The molecular weight excluding hydrogens is 342 g/mol. The standard InChI is InChI=1S/C11H12ClIO3/c1-3-11(13,10(14)15-2)16-9-6-4-8(12)5-7-9/h4-7H,3H2,1-2H3. The van der Waals surface area contributed by atoms with Gasteiger partial charge < -0.3 is 9.47 Å². The van der Waals surface area contributed by atoms with Crippen molar-refractivity contribution in [3.8, 4) is 5.75 Å². The molecule has 0 radical (unpaired) electrons. The summed E-state index contributed by atoms with van der Waals surface area (Å²) in [7, 11) is 1.34. The van der Waals surface area contributed by atoms with Gasteiger partial charge in [0, 0.05) is 11.4 Å². The van der Waals surface area contributed by atoms with E-state index in [9.17, 15) is 4.79 Å². The number of carbonyl (C=O) groups is 1. The molecular formula is C11H12ClIO3. The number of carbonyl (C=O) groups excluding carboxylic acids is 1. The van der Waals surface area contributed by atoms with Gasteiger partial charge in [0.15, 0.2) is 0 Å². The van der Waals surface area contributed by atoms with Crippen molar-refractivity contribution in [3.05, 3.63) is 29.3 Å². The van der Waals surface area contributed by atoms with E-state index >= 15 is 0 Å². The van der Waals surface area contributed by atoms with Gasteiger partial charge in [0.2, 0.25) is 0 Å². The molecule has 0 aliphatic carbocycles. The minimum Gasteiger partial charge on any atom is -0.465 e. The van der Waals surface area contributed by atoms with Gasteiger partial charge in [0.05, 0.1) is 7.11 Å². The van der Waals surface area contributed by atoms with Crippen molar-refractivity contribution in [2.24, 2.45) is 0 Å². The largest absolute Gasteiger partial charge is 0.465 e. The molecule has 0 heterocycles. The molecule has 16 heavy (non-hydrogen) atoms. The van der Waals surface area contributed by atoms with Crippen LogP contribution in [-0.2, 0) is 9.53 Å². The minimum absolute atomic E-state index is 0.398. The number of ether oxygens (including phenoxy) is 2. The molecule has 1 atom stereocenters. The zero-order valence-corrected chi connectivity index (χ0v) is 11.9. The Morgan fingerprint density at radius 1 is 1.44 bits per heavy atom. The molecule has 0 aromatic heterocycles. The monoisotopic (exact) mass is 354 g/mol. The van der Waals surface area contributed by atoms with Crippen LogP contribution in [0.25, 0.3) is 0 Å². The van der Waals surface area contributed by atoms with Crippen molar-refractivity contribution >= 4 is 40.2 Å². The van der Waals surface area contributed by atoms with Crippen LogP contribution in [0.3, 0.4) is 0 Å². The second-order valence-electron chi connectivity index (χ2n) is 3.13. The van der Waals surface area contributed by atoms with Gasteiger partial charge in [-0.25, -0.2) is 4.79 Å². The summed E-state index contributed by atoms with van der Waals surface area (Å²) in [6, 6.07) is 6.85. The number of esters is 1. The molecule has 5 heteroatoms. The quantitative estimate of drug-likeness (QED) is 0.472. The van der Waals surface area contributed by atoms with Crippen molar-refractivity contribution < 1.29 is 14.3 Å². The summed E-state index contributed by atoms with van der Waals surface area (Å²) in [5.41, 5.74) is 0. The van der Waals surface area contributed by atoms with Crippen LogP contribution >= 0.6 is 34.2 Å². The van der Waals surface area contributed by atoms with Crippen LogP contribution in [0, 0.1) is 0 Å². The van der Waals surface area contributed by atoms with Crippen molar-refractivity contribution in [2.75, 3.05) is 7.11 Å². The minimum atomic E-state index is -0.986. The number of benzene rings is 1. The number of hydrogen-bond donors (Lipinski definition) is 0. The molecule has 0 aliphatic heterocycles. The van der Waals surface area contributed by atoms with Crippen LogP contribution in [0.15, 0.2) is 24.3 Å². The Kier molecular flexibility index (Phi) is 4.86. The maximum Gasteiger partial charge on any atom is 0.360 e. The summed E-state index contributed by atoms with van der Waals surface area (Å²) < 4.78 is 9.33. The van der Waals surface area contributed by atoms with Crippen molar-refractivity contribution in [1.82, 2.24) is 0 Å². The zero-order chi connectivity index (χ0) is 12.2. The Balaban J connectivity index is 2.84. The second-order valence-corrected chi connectivity index (χ2v) is 5.31. The Hall–Kier alpha value is -0.490. The maximum absolute atomic E-state index is 11.6. The third-order valence-electron chi connectivity index (χ3n) is 2.04. The van der Waals surface area contributed by atoms with E-state index < -0.39 is 9.58 Å². The molecule has 0 amide bonds. The molecule has 1 aromatic carbocycles. The van der Waals surface area contributed by atoms with Crippen molar-refractivity contribution in [3.63, 3.8) is 0 Å². The average molecular weight is 355 g/mol. The molecule has 88 valence electrons. The van der Waals surface area contributed by atoms with E-state index in [1.165, 1.54) is 7.11 Å². The molecule has 1 aromatic rings. The smallest absolute Gasteiger partial charge is 0.360 e. The summed E-state index contributed by atoms with van der Waals surface area (Å²) in [5.74, 6) is 0.191. The average Bonchev–Trinajstić information content (AvgIpc) is 2.31. The molecule has 0 fully saturated rings. The number of rotatable bonds is 4. The van der Waals surface area contributed by atoms with E-state index in [0.29, 0.717) is 17.2 Å². The molecule has 0 N–H and O–H groups in total. The third kappa shape index (κ3) is 3.25. The molecule has 0 bridgehead atoms. The van der Waals surface area contributed by atoms with E-state index in [1.54, 1.807) is 24.3 Å². The zero-order valence-electron chi connectivity index (χ0n) is 9.00. The van der Waals surface area contributed by atoms with Crippen molar-refractivity contribution in [2.45, 2.75) is 17.0 Å². The number of hydrogen-bond acceptors (Lipinski definition) is 3. The van der Waals surface area contributed by atoms with Gasteiger partial charge in [-0.05, 0) is 46.9 Å². The van der Waals surface area contributed by atoms with Gasteiger partial charge in [0.25, 0.3) is 3.61 Å². The normalized spacial score (nSPS) is 14.0. The Morgan fingerprint density at radius 3 is 2.44 bits per heavy atom. The van der Waals surface area contributed by atoms with Crippen LogP contribution in [0.5, 0.6) is 5.75 Å². The highest BCUT2D eigenvalue weighted by molar-refractivity contribution is 14.1. The first-order valence-electron chi connectivity index (χ1n) is 4.73. The molecule has 0 aliphatic rings. The van der Waals surface area contributed by atoms with E-state index in [0.717, 1.165) is 0 Å². The molecule has 1 rings (SSSR count). The lowest BCUT2D eigenvalue weighted by atomic mass is 10.2. The van der Waals surface area contributed by atoms with E-state index in [-0.39, 0.29) is 0 Å². The van der Waals surface area contributed by atoms with Crippen molar-refractivity contribution in [1.29, 1.82) is 0 Å². The van der Waals surface area contributed by atoms with E-state index in [1.807, 2.05) is 29.5 Å². The van der Waals surface area contributed by atoms with Gasteiger partial charge in [-0.1, -0.05) is 18.5 Å². The molecule has 0 spiro atoms. The summed E-state index contributed by atoms with van der Waals surface area (Å²) in [6.07, 6.45) is 0.517. The lowest BCUT2D eigenvalue weighted by Crippen LogP contribution is -2.38. The number of methoxy groups -OCH3 is 1. The summed E-state index contributed by atoms with van der Waals surface area (Å²) in [6.45, 7) is 1.86. The van der Waals surface area contributed by atoms with Gasteiger partial charge in [-0.15, -0.1) is 0 Å². The van der Waals surface area contributed by atoms with Crippen LogP contribution < -0.4 is 4.74 Å². The lowest BCUT2D eigenvalue weighted by molar-refractivity contribution is -0.150. The lowest BCUT2D eigenvalue weighted by Gasteiger charge is -2.24. The van der Waals surface area contributed by atoms with Gasteiger partial charge in [-0.3, -0.25) is 0 Å². The first-order valence-corrected chi connectivity index (χ1v) is 6.19. The summed E-state index contributed by atoms with van der Waals surface area (Å²) >= 11 is 7.70. The van der Waals surface area contributed by atoms with Gasteiger partial charge in [0.1, 0.15) is 5.75 Å². The second kappa shape index (κ2) is 5.72. The molecule has 1 unspecified atom stereocenters. The predicted octanol–water partition coefficient (Wildman–Crippen LogP) is 3.43. The maximum atomic E-state index is 11.6. The van der Waals surface area contributed by atoms with Crippen LogP contribution in [-0.4, -0.2) is 16.7 Å². The Bertz CT molecular complexity index is 366. The van der Waals surface area contributed by atoms with Crippen LogP contribution in [0.4, 0.5) is 0 Å². The fourth-order valence-corrected chi connectivity index (χ4v) is 1.70. The Morgan fingerprint density at radius 2 is 2.00 bits per heavy atom. The molecule has 0 saturated carbocycles. The molecule has 3 nitrogen and oxygen atoms in total. The Labute approximate surface area is 113 Å². The first kappa shape index (κ1) is 13.6. The van der Waals surface area contributed by atoms with Gasteiger partial charge >= 0.3 is 5.97 Å². The summed E-state index contributed by atoms with van der Waals surface area (Å²) in [4.78, 5) is 11.6. The first-order chi connectivity index (χ1) is 7.51. The summed E-state index contributed by atoms with van der Waals surface area (Å²) in [5, 5.41) is 0.626. The van der Waals surface area contributed by atoms with E-state index in [2.05, 4.69) is 0 Å². The van der Waals surface area contributed by atoms with E-state index in [4.69, 9.17) is 21.1 Å². The number of halogens is 2. The SMILES string of the molecule is CCC(I)(Oc1ccc(Cl)cc1)C(=O)OC. The fraction of sp³-hybridized carbons (Fsp3) is 0.364. The fourth-order valence-electron chi connectivity index (χ4n) is 1.10. The van der Waals surface area contributed by atoms with Crippen LogP contribution in [0.1, 0.15) is 13.3 Å². The predicted molar refractivity (Wildman–Crippen MR) is 71.1 cm³/mol. The third-order valence-corrected chi connectivity index (χ3v) is 3.71. The highest BCUT2D eigenvalue weighted by Crippen LogP contribution is 2.29.